The lowest BCUT2D eigenvalue weighted by atomic mass is 10.0. The van der Waals surface area contributed by atoms with E-state index in [0.29, 0.717) is 5.82 Å². The molecular weight excluding hydrogens is 312 g/mol. The van der Waals surface area contributed by atoms with Crippen LogP contribution in [0.5, 0.6) is 0 Å². The molecule has 0 amide bonds. The van der Waals surface area contributed by atoms with Gasteiger partial charge in [0.25, 0.3) is 0 Å². The van der Waals surface area contributed by atoms with Gasteiger partial charge in [-0.1, -0.05) is 6.92 Å². The van der Waals surface area contributed by atoms with Crippen molar-refractivity contribution < 1.29 is 0 Å². The van der Waals surface area contributed by atoms with Crippen LogP contribution in [0.2, 0.25) is 0 Å². The molecule has 0 fully saturated rings. The number of hydrogen-bond donors (Lipinski definition) is 1. The molecule has 0 spiro atoms. The van der Waals surface area contributed by atoms with E-state index in [4.69, 9.17) is 4.98 Å². The predicted octanol–water partition coefficient (Wildman–Crippen LogP) is 3.76. The smallest absolute Gasteiger partial charge is 0.163 e. The lowest BCUT2D eigenvalue weighted by Crippen LogP contribution is -2.13. The lowest BCUT2D eigenvalue weighted by molar-refractivity contribution is 0.714. The molecule has 3 heterocycles. The molecule has 3 rings (SSSR count). The average Bonchev–Trinajstić information content (AvgIpc) is 2.85. The predicted molar refractivity (Wildman–Crippen MR) is 99.3 cm³/mol. The van der Waals surface area contributed by atoms with Gasteiger partial charge in [0.2, 0.25) is 0 Å². The summed E-state index contributed by atoms with van der Waals surface area (Å²) in [6, 6.07) is 6.00. The number of nitrogens with zero attached hydrogens (tertiary/aromatic N) is 5. The van der Waals surface area contributed by atoms with E-state index in [1.54, 1.807) is 12.4 Å². The fourth-order valence-electron chi connectivity index (χ4n) is 3.12. The van der Waals surface area contributed by atoms with Crippen molar-refractivity contribution in [3.63, 3.8) is 0 Å². The Morgan fingerprint density at radius 2 is 2.00 bits per heavy atom. The topological polar surface area (TPSA) is 68.5 Å². The highest BCUT2D eigenvalue weighted by Crippen LogP contribution is 2.28. The molecule has 3 aromatic heterocycles. The minimum absolute atomic E-state index is 0.157. The highest BCUT2D eigenvalue weighted by Gasteiger charge is 2.19. The quantitative estimate of drug-likeness (QED) is 0.768. The van der Waals surface area contributed by atoms with Crippen LogP contribution < -0.4 is 5.32 Å². The summed E-state index contributed by atoms with van der Waals surface area (Å²) in [6.45, 7) is 8.30. The van der Waals surface area contributed by atoms with Gasteiger partial charge in [-0.15, -0.1) is 0 Å². The first-order chi connectivity index (χ1) is 12.0. The maximum Gasteiger partial charge on any atom is 0.163 e. The molecule has 3 aromatic rings. The minimum Gasteiger partial charge on any atom is -0.363 e. The van der Waals surface area contributed by atoms with Crippen LogP contribution >= 0.6 is 0 Å². The molecule has 0 saturated heterocycles. The van der Waals surface area contributed by atoms with Crippen LogP contribution in [0.15, 0.2) is 30.6 Å². The number of rotatable bonds is 5. The number of aromatic nitrogens is 5. The van der Waals surface area contributed by atoms with Gasteiger partial charge in [-0.2, -0.15) is 5.10 Å². The van der Waals surface area contributed by atoms with Crippen molar-refractivity contribution in [1.29, 1.82) is 0 Å². The van der Waals surface area contributed by atoms with E-state index in [-0.39, 0.29) is 6.04 Å². The summed E-state index contributed by atoms with van der Waals surface area (Å²) < 4.78 is 1.93. The molecule has 0 aliphatic rings. The number of anilines is 1. The van der Waals surface area contributed by atoms with Gasteiger partial charge in [0.1, 0.15) is 5.82 Å². The van der Waals surface area contributed by atoms with E-state index in [1.165, 1.54) is 11.3 Å². The molecule has 6 nitrogen and oxygen atoms in total. The van der Waals surface area contributed by atoms with Crippen molar-refractivity contribution in [3.05, 3.63) is 53.2 Å². The van der Waals surface area contributed by atoms with E-state index in [1.807, 2.05) is 36.9 Å². The monoisotopic (exact) mass is 336 g/mol. The van der Waals surface area contributed by atoms with E-state index in [0.717, 1.165) is 29.2 Å². The summed E-state index contributed by atoms with van der Waals surface area (Å²) in [7, 11) is 1.98. The second kappa shape index (κ2) is 7.01. The SMILES string of the molecule is CCC(Nc1cc(C)nc(-c2cccnc2)n1)c1c(C)nn(C)c1C. The molecule has 1 N–H and O–H groups in total. The maximum atomic E-state index is 4.69. The molecule has 0 bridgehead atoms. The van der Waals surface area contributed by atoms with E-state index in [9.17, 15) is 0 Å². The Bertz CT molecular complexity index is 869. The molecule has 25 heavy (non-hydrogen) atoms. The molecule has 1 atom stereocenters. The normalized spacial score (nSPS) is 12.2. The lowest BCUT2D eigenvalue weighted by Gasteiger charge is -2.19. The molecule has 0 radical (unpaired) electrons. The zero-order valence-corrected chi connectivity index (χ0v) is 15.4. The zero-order valence-electron chi connectivity index (χ0n) is 15.4. The zero-order chi connectivity index (χ0) is 18.0. The van der Waals surface area contributed by atoms with Gasteiger partial charge in [0, 0.05) is 48.0 Å². The van der Waals surface area contributed by atoms with Crippen molar-refractivity contribution >= 4 is 5.82 Å². The van der Waals surface area contributed by atoms with Gasteiger partial charge in [-0.05, 0) is 39.3 Å². The molecule has 0 aliphatic carbocycles. The third-order valence-corrected chi connectivity index (χ3v) is 4.42. The molecule has 0 saturated carbocycles. The van der Waals surface area contributed by atoms with Crippen LogP contribution in [0.4, 0.5) is 5.82 Å². The summed E-state index contributed by atoms with van der Waals surface area (Å²) >= 11 is 0. The van der Waals surface area contributed by atoms with Gasteiger partial charge < -0.3 is 5.32 Å². The first-order valence-corrected chi connectivity index (χ1v) is 8.52. The van der Waals surface area contributed by atoms with E-state index < -0.39 is 0 Å². The maximum absolute atomic E-state index is 4.69. The van der Waals surface area contributed by atoms with Gasteiger partial charge in [0.05, 0.1) is 11.7 Å². The van der Waals surface area contributed by atoms with Crippen molar-refractivity contribution in [1.82, 2.24) is 24.7 Å². The minimum atomic E-state index is 0.157. The standard InChI is InChI=1S/C19H24N6/c1-6-16(18-13(3)24-25(5)14(18)4)22-17-10-12(2)21-19(23-17)15-8-7-9-20-11-15/h7-11,16H,6H2,1-5H3,(H,21,22,23). The largest absolute Gasteiger partial charge is 0.363 e. The molecular formula is C19H24N6. The first-order valence-electron chi connectivity index (χ1n) is 8.52. The Kier molecular flexibility index (Phi) is 4.79. The molecule has 1 unspecified atom stereocenters. The summed E-state index contributed by atoms with van der Waals surface area (Å²) in [6.07, 6.45) is 4.48. The highest BCUT2D eigenvalue weighted by atomic mass is 15.3. The van der Waals surface area contributed by atoms with Crippen LogP contribution in [0, 0.1) is 20.8 Å². The molecule has 0 aromatic carbocycles. The van der Waals surface area contributed by atoms with Crippen LogP contribution in [-0.4, -0.2) is 24.7 Å². The van der Waals surface area contributed by atoms with Gasteiger partial charge in [-0.3, -0.25) is 9.67 Å². The Balaban J connectivity index is 1.95. The summed E-state index contributed by atoms with van der Waals surface area (Å²) in [4.78, 5) is 13.4. The number of aryl methyl sites for hydroxylation is 3. The second-order valence-corrected chi connectivity index (χ2v) is 6.27. The summed E-state index contributed by atoms with van der Waals surface area (Å²) in [5, 5.41) is 8.11. The van der Waals surface area contributed by atoms with E-state index >= 15 is 0 Å². The van der Waals surface area contributed by atoms with Crippen molar-refractivity contribution in [2.45, 2.75) is 40.2 Å². The summed E-state index contributed by atoms with van der Waals surface area (Å²) in [5.41, 5.74) is 5.30. The Labute approximate surface area is 148 Å². The van der Waals surface area contributed by atoms with Crippen molar-refractivity contribution in [3.8, 4) is 11.4 Å². The van der Waals surface area contributed by atoms with Crippen molar-refractivity contribution in [2.75, 3.05) is 5.32 Å². The van der Waals surface area contributed by atoms with Crippen LogP contribution in [0.3, 0.4) is 0 Å². The fourth-order valence-corrected chi connectivity index (χ4v) is 3.12. The van der Waals surface area contributed by atoms with Crippen LogP contribution in [-0.2, 0) is 7.05 Å². The average molecular weight is 336 g/mol. The third kappa shape index (κ3) is 3.52. The number of nitrogens with one attached hydrogen (secondary N) is 1. The van der Waals surface area contributed by atoms with Gasteiger partial charge >= 0.3 is 0 Å². The van der Waals surface area contributed by atoms with Crippen LogP contribution in [0.25, 0.3) is 11.4 Å². The van der Waals surface area contributed by atoms with Gasteiger partial charge in [0.15, 0.2) is 5.82 Å². The molecule has 6 heteroatoms. The first kappa shape index (κ1) is 17.1. The number of hydrogen-bond acceptors (Lipinski definition) is 5. The van der Waals surface area contributed by atoms with Crippen LogP contribution in [0.1, 0.15) is 42.0 Å². The summed E-state index contributed by atoms with van der Waals surface area (Å²) in [5.74, 6) is 1.51. The second-order valence-electron chi connectivity index (χ2n) is 6.27. The van der Waals surface area contributed by atoms with Crippen molar-refractivity contribution in [2.24, 2.45) is 7.05 Å². The Morgan fingerprint density at radius 1 is 1.20 bits per heavy atom. The third-order valence-electron chi connectivity index (χ3n) is 4.42. The number of pyridine rings is 1. The highest BCUT2D eigenvalue weighted by molar-refractivity contribution is 5.56. The Hall–Kier alpha value is -2.76. The van der Waals surface area contributed by atoms with Gasteiger partial charge in [-0.25, -0.2) is 9.97 Å². The molecule has 130 valence electrons. The fraction of sp³-hybridized carbons (Fsp3) is 0.368. The Morgan fingerprint density at radius 3 is 2.60 bits per heavy atom. The molecule has 0 aliphatic heterocycles. The van der Waals surface area contributed by atoms with E-state index in [2.05, 4.69) is 41.2 Å².